The van der Waals surface area contributed by atoms with Crippen LogP contribution >= 0.6 is 0 Å². The highest BCUT2D eigenvalue weighted by Crippen LogP contribution is 2.29. The van der Waals surface area contributed by atoms with Crippen molar-refractivity contribution in [3.63, 3.8) is 0 Å². The quantitative estimate of drug-likeness (QED) is 0.816. The molecule has 0 radical (unpaired) electrons. The van der Waals surface area contributed by atoms with Gasteiger partial charge in [0.2, 0.25) is 0 Å². The summed E-state index contributed by atoms with van der Waals surface area (Å²) in [6, 6.07) is 6.03. The second-order valence-corrected chi connectivity index (χ2v) is 4.77. The highest BCUT2D eigenvalue weighted by atomic mass is 16.5. The van der Waals surface area contributed by atoms with Crippen LogP contribution in [-0.4, -0.2) is 29.9 Å². The number of benzene rings is 1. The van der Waals surface area contributed by atoms with E-state index < -0.39 is 0 Å². The second-order valence-electron chi connectivity index (χ2n) is 4.77. The summed E-state index contributed by atoms with van der Waals surface area (Å²) < 4.78 is 12.9. The van der Waals surface area contributed by atoms with Crippen molar-refractivity contribution in [1.29, 1.82) is 0 Å². The Morgan fingerprint density at radius 2 is 2.11 bits per heavy atom. The highest BCUT2D eigenvalue weighted by molar-refractivity contribution is 5.77. The van der Waals surface area contributed by atoms with E-state index in [9.17, 15) is 0 Å². The SMILES string of the molecule is COc1ccc2nc(C3CCOCC3)n(C)c2c1. The third-order valence-electron chi connectivity index (χ3n) is 3.71. The van der Waals surface area contributed by atoms with E-state index in [1.165, 1.54) is 5.82 Å². The largest absolute Gasteiger partial charge is 0.497 e. The molecular formula is C14H18N2O2. The van der Waals surface area contributed by atoms with Crippen LogP contribution in [-0.2, 0) is 11.8 Å². The number of nitrogens with zero attached hydrogens (tertiary/aromatic N) is 2. The van der Waals surface area contributed by atoms with Crippen LogP contribution in [0.5, 0.6) is 5.75 Å². The van der Waals surface area contributed by atoms with E-state index in [1.807, 2.05) is 18.2 Å². The summed E-state index contributed by atoms with van der Waals surface area (Å²) in [5.41, 5.74) is 2.18. The Morgan fingerprint density at radius 3 is 2.83 bits per heavy atom. The topological polar surface area (TPSA) is 36.3 Å². The molecule has 0 spiro atoms. The average molecular weight is 246 g/mol. The molecule has 4 heteroatoms. The third-order valence-corrected chi connectivity index (χ3v) is 3.71. The predicted molar refractivity (Wildman–Crippen MR) is 70.1 cm³/mol. The molecule has 1 aromatic carbocycles. The Hall–Kier alpha value is -1.55. The molecule has 3 rings (SSSR count). The van der Waals surface area contributed by atoms with E-state index in [4.69, 9.17) is 14.5 Å². The molecule has 1 aliphatic heterocycles. The summed E-state index contributed by atoms with van der Waals surface area (Å²) in [5, 5.41) is 0. The smallest absolute Gasteiger partial charge is 0.121 e. The van der Waals surface area contributed by atoms with Crippen LogP contribution < -0.4 is 4.74 Å². The first-order chi connectivity index (χ1) is 8.79. The van der Waals surface area contributed by atoms with Gasteiger partial charge in [-0.3, -0.25) is 0 Å². The monoisotopic (exact) mass is 246 g/mol. The molecule has 2 heterocycles. The van der Waals surface area contributed by atoms with Gasteiger partial charge in [-0.2, -0.15) is 0 Å². The zero-order valence-corrected chi connectivity index (χ0v) is 10.8. The van der Waals surface area contributed by atoms with Crippen molar-refractivity contribution in [3.8, 4) is 5.75 Å². The highest BCUT2D eigenvalue weighted by Gasteiger charge is 2.21. The first-order valence-corrected chi connectivity index (χ1v) is 6.37. The summed E-state index contributed by atoms with van der Waals surface area (Å²) in [5.74, 6) is 2.56. The molecule has 1 aliphatic rings. The van der Waals surface area contributed by atoms with E-state index in [0.717, 1.165) is 42.8 Å². The van der Waals surface area contributed by atoms with Crippen LogP contribution in [0.4, 0.5) is 0 Å². The van der Waals surface area contributed by atoms with Gasteiger partial charge in [0.1, 0.15) is 11.6 Å². The number of imidazole rings is 1. The van der Waals surface area contributed by atoms with Crippen LogP contribution in [0.2, 0.25) is 0 Å². The van der Waals surface area contributed by atoms with Gasteiger partial charge >= 0.3 is 0 Å². The standard InChI is InChI=1S/C14H18N2O2/c1-16-13-9-11(17-2)3-4-12(13)15-14(16)10-5-7-18-8-6-10/h3-4,9-10H,5-8H2,1-2H3. The van der Waals surface area contributed by atoms with E-state index in [0.29, 0.717) is 5.92 Å². The van der Waals surface area contributed by atoms with Crippen LogP contribution in [0.1, 0.15) is 24.6 Å². The van der Waals surface area contributed by atoms with Gasteiger partial charge in [0.25, 0.3) is 0 Å². The molecule has 0 saturated carbocycles. The van der Waals surface area contributed by atoms with Gasteiger partial charge in [-0.15, -0.1) is 0 Å². The molecule has 4 nitrogen and oxygen atoms in total. The molecular weight excluding hydrogens is 228 g/mol. The fourth-order valence-corrected chi connectivity index (χ4v) is 2.64. The third kappa shape index (κ3) is 1.86. The van der Waals surface area contributed by atoms with E-state index >= 15 is 0 Å². The molecule has 1 saturated heterocycles. The minimum atomic E-state index is 0.516. The lowest BCUT2D eigenvalue weighted by atomic mass is 9.99. The van der Waals surface area contributed by atoms with Gasteiger partial charge in [0.05, 0.1) is 18.1 Å². The number of hydrogen-bond acceptors (Lipinski definition) is 3. The summed E-state index contributed by atoms with van der Waals surface area (Å²) in [6.45, 7) is 1.69. The number of aryl methyl sites for hydroxylation is 1. The van der Waals surface area contributed by atoms with Gasteiger partial charge in [0, 0.05) is 32.2 Å². The number of methoxy groups -OCH3 is 1. The first-order valence-electron chi connectivity index (χ1n) is 6.37. The van der Waals surface area contributed by atoms with Gasteiger partial charge in [-0.05, 0) is 25.0 Å². The van der Waals surface area contributed by atoms with E-state index in [-0.39, 0.29) is 0 Å². The predicted octanol–water partition coefficient (Wildman–Crippen LogP) is 2.48. The van der Waals surface area contributed by atoms with Crippen molar-refractivity contribution in [2.45, 2.75) is 18.8 Å². The average Bonchev–Trinajstić information content (AvgIpc) is 2.77. The second kappa shape index (κ2) is 4.61. The number of rotatable bonds is 2. The van der Waals surface area contributed by atoms with Crippen molar-refractivity contribution in [2.75, 3.05) is 20.3 Å². The lowest BCUT2D eigenvalue weighted by Gasteiger charge is -2.21. The molecule has 0 aliphatic carbocycles. The fourth-order valence-electron chi connectivity index (χ4n) is 2.64. The lowest BCUT2D eigenvalue weighted by Crippen LogP contribution is -2.17. The zero-order chi connectivity index (χ0) is 12.5. The Balaban J connectivity index is 2.04. The van der Waals surface area contributed by atoms with Crippen molar-refractivity contribution in [1.82, 2.24) is 9.55 Å². The lowest BCUT2D eigenvalue weighted by molar-refractivity contribution is 0.0831. The van der Waals surface area contributed by atoms with Crippen LogP contribution in [0, 0.1) is 0 Å². The Bertz CT molecular complexity index is 556. The number of hydrogen-bond donors (Lipinski definition) is 0. The molecule has 0 amide bonds. The van der Waals surface area contributed by atoms with E-state index in [2.05, 4.69) is 11.6 Å². The van der Waals surface area contributed by atoms with Gasteiger partial charge in [0.15, 0.2) is 0 Å². The molecule has 96 valence electrons. The Morgan fingerprint density at radius 1 is 1.33 bits per heavy atom. The molecule has 0 N–H and O–H groups in total. The zero-order valence-electron chi connectivity index (χ0n) is 10.8. The molecule has 0 atom stereocenters. The summed E-state index contributed by atoms with van der Waals surface area (Å²) >= 11 is 0. The van der Waals surface area contributed by atoms with Gasteiger partial charge < -0.3 is 14.0 Å². The Kier molecular flexibility index (Phi) is 2.96. The Labute approximate surface area is 107 Å². The molecule has 1 fully saturated rings. The molecule has 1 aromatic heterocycles. The molecule has 0 unspecified atom stereocenters. The van der Waals surface area contributed by atoms with Crippen molar-refractivity contribution < 1.29 is 9.47 Å². The molecule has 0 bridgehead atoms. The minimum absolute atomic E-state index is 0.516. The molecule has 18 heavy (non-hydrogen) atoms. The van der Waals surface area contributed by atoms with Gasteiger partial charge in [-0.1, -0.05) is 0 Å². The van der Waals surface area contributed by atoms with E-state index in [1.54, 1.807) is 7.11 Å². The maximum Gasteiger partial charge on any atom is 0.121 e. The van der Waals surface area contributed by atoms with Crippen molar-refractivity contribution in [2.24, 2.45) is 7.05 Å². The van der Waals surface area contributed by atoms with Crippen LogP contribution in [0.3, 0.4) is 0 Å². The molecule has 2 aromatic rings. The number of aromatic nitrogens is 2. The van der Waals surface area contributed by atoms with Crippen LogP contribution in [0.25, 0.3) is 11.0 Å². The first kappa shape index (κ1) is 11.5. The number of ether oxygens (including phenoxy) is 2. The maximum absolute atomic E-state index is 5.41. The summed E-state index contributed by atoms with van der Waals surface area (Å²) in [4.78, 5) is 4.76. The normalized spacial score (nSPS) is 17.2. The van der Waals surface area contributed by atoms with Crippen LogP contribution in [0.15, 0.2) is 18.2 Å². The minimum Gasteiger partial charge on any atom is -0.497 e. The maximum atomic E-state index is 5.41. The number of fused-ring (bicyclic) bond motifs is 1. The summed E-state index contributed by atoms with van der Waals surface area (Å²) in [7, 11) is 3.77. The van der Waals surface area contributed by atoms with Gasteiger partial charge in [-0.25, -0.2) is 4.98 Å². The van der Waals surface area contributed by atoms with Crippen molar-refractivity contribution >= 4 is 11.0 Å². The summed E-state index contributed by atoms with van der Waals surface area (Å²) in [6.07, 6.45) is 2.13. The van der Waals surface area contributed by atoms with Crippen molar-refractivity contribution in [3.05, 3.63) is 24.0 Å². The fraction of sp³-hybridized carbons (Fsp3) is 0.500.